The van der Waals surface area contributed by atoms with Crippen LogP contribution in [0, 0.1) is 0 Å². The van der Waals surface area contributed by atoms with Crippen molar-refractivity contribution in [3.05, 3.63) is 230 Å². The van der Waals surface area contributed by atoms with E-state index in [1.807, 2.05) is 0 Å². The van der Waals surface area contributed by atoms with Crippen LogP contribution in [-0.2, 0) is 0 Å². The van der Waals surface area contributed by atoms with Gasteiger partial charge in [-0.15, -0.1) is 0 Å². The second-order valence-electron chi connectivity index (χ2n) is 15.6. The van der Waals surface area contributed by atoms with Gasteiger partial charge in [0.15, 0.2) is 5.82 Å². The van der Waals surface area contributed by atoms with Crippen molar-refractivity contribution in [1.29, 1.82) is 0 Å². The van der Waals surface area contributed by atoms with Gasteiger partial charge >= 0.3 is 0 Å². The molecule has 10 aromatic rings. The largest absolute Gasteiger partial charge is 0.228 e. The maximum Gasteiger partial charge on any atom is 0.160 e. The highest BCUT2D eigenvalue weighted by molar-refractivity contribution is 6.25. The molecule has 0 saturated heterocycles. The maximum absolute atomic E-state index is 5.34. The van der Waals surface area contributed by atoms with E-state index in [-0.39, 0.29) is 0 Å². The fourth-order valence-corrected chi connectivity index (χ4v) is 9.01. The third-order valence-corrected chi connectivity index (χ3v) is 12.0. The normalized spacial score (nSPS) is 12.7. The molecule has 0 spiro atoms. The van der Waals surface area contributed by atoms with Crippen molar-refractivity contribution in [1.82, 2.24) is 9.97 Å². The van der Waals surface area contributed by atoms with Crippen LogP contribution in [-0.4, -0.2) is 9.97 Å². The van der Waals surface area contributed by atoms with Gasteiger partial charge in [-0.05, 0) is 126 Å². The Labute approximate surface area is 350 Å². The lowest BCUT2D eigenvalue weighted by Crippen LogP contribution is -2.00. The molecule has 0 unspecified atom stereocenters. The zero-order valence-corrected chi connectivity index (χ0v) is 33.1. The Morgan fingerprint density at radius 3 is 1.52 bits per heavy atom. The van der Waals surface area contributed by atoms with Crippen molar-refractivity contribution in [2.24, 2.45) is 0 Å². The van der Waals surface area contributed by atoms with Gasteiger partial charge in [0.25, 0.3) is 0 Å². The predicted molar refractivity (Wildman–Crippen MR) is 253 cm³/mol. The number of hydrogen-bond donors (Lipinski definition) is 0. The van der Waals surface area contributed by atoms with E-state index in [0.29, 0.717) is 5.82 Å². The average Bonchev–Trinajstić information content (AvgIpc) is 3.34. The van der Waals surface area contributed by atoms with E-state index in [0.717, 1.165) is 52.1 Å². The number of nitrogens with zero attached hydrogens (tertiary/aromatic N) is 2. The first kappa shape index (κ1) is 35.5. The molecular weight excluding hydrogens is 725 g/mol. The molecule has 11 rings (SSSR count). The number of rotatable bonds is 7. The summed E-state index contributed by atoms with van der Waals surface area (Å²) in [4.78, 5) is 10.7. The SMILES string of the molecule is C1=C(c2ccccc2)CCC=C1c1cc(-c2cccc(-c3ccccc3)c2)nc(-c2cccc(-c3ccccc3-c3ccc4c5ccccc5c5ccccc5c4c3)c2)n1. The summed E-state index contributed by atoms with van der Waals surface area (Å²) in [5.74, 6) is 0.706. The summed E-state index contributed by atoms with van der Waals surface area (Å²) in [6.45, 7) is 0. The van der Waals surface area contributed by atoms with Gasteiger partial charge in [-0.3, -0.25) is 0 Å². The lowest BCUT2D eigenvalue weighted by Gasteiger charge is -2.16. The summed E-state index contributed by atoms with van der Waals surface area (Å²) in [6, 6.07) is 74.1. The molecule has 0 bridgehead atoms. The maximum atomic E-state index is 5.34. The van der Waals surface area contributed by atoms with Gasteiger partial charge in [-0.1, -0.05) is 188 Å². The van der Waals surface area contributed by atoms with E-state index in [9.17, 15) is 0 Å². The summed E-state index contributed by atoms with van der Waals surface area (Å²) in [5.41, 5.74) is 14.6. The molecule has 0 saturated carbocycles. The highest BCUT2D eigenvalue weighted by Gasteiger charge is 2.17. The van der Waals surface area contributed by atoms with Crippen LogP contribution in [0.4, 0.5) is 0 Å². The molecule has 0 N–H and O–H groups in total. The fraction of sp³-hybridized carbons (Fsp3) is 0.0345. The van der Waals surface area contributed by atoms with Gasteiger partial charge in [0, 0.05) is 11.1 Å². The molecule has 0 fully saturated rings. The summed E-state index contributed by atoms with van der Waals surface area (Å²) < 4.78 is 0. The number of benzene rings is 9. The summed E-state index contributed by atoms with van der Waals surface area (Å²) in [7, 11) is 0. The molecule has 0 radical (unpaired) electrons. The number of fused-ring (bicyclic) bond motifs is 6. The van der Waals surface area contributed by atoms with Crippen molar-refractivity contribution in [2.45, 2.75) is 12.8 Å². The third-order valence-electron chi connectivity index (χ3n) is 12.0. The van der Waals surface area contributed by atoms with E-state index in [4.69, 9.17) is 9.97 Å². The second-order valence-corrected chi connectivity index (χ2v) is 15.6. The standard InChI is InChI=1S/C58H40N2/c1-3-16-39(17-4-1)41-20-13-23-45(34-41)56-38-57(46-24-14-21-42(35-46)40-18-5-2-6-19-40)60-58(59-56)47-25-15-22-43(36-47)48-26-7-8-27-49(48)44-32-33-54-52-30-10-9-28-50(52)51-29-11-12-31-53(51)55(54)37-44/h1-13,15-20,22-38H,14,21H2. The van der Waals surface area contributed by atoms with E-state index in [1.165, 1.54) is 65.7 Å². The number of hydrogen-bond acceptors (Lipinski definition) is 2. The second kappa shape index (κ2) is 15.2. The first-order chi connectivity index (χ1) is 29.7. The Hall–Kier alpha value is -7.68. The first-order valence-electron chi connectivity index (χ1n) is 20.8. The Morgan fingerprint density at radius 2 is 0.817 bits per heavy atom. The Balaban J connectivity index is 1.04. The molecule has 282 valence electrons. The predicted octanol–water partition coefficient (Wildman–Crippen LogP) is 15.5. The minimum atomic E-state index is 0.706. The molecule has 1 aromatic heterocycles. The molecule has 0 aliphatic heterocycles. The summed E-state index contributed by atoms with van der Waals surface area (Å²) in [5, 5.41) is 7.66. The molecule has 0 atom stereocenters. The monoisotopic (exact) mass is 764 g/mol. The molecule has 0 amide bonds. The van der Waals surface area contributed by atoms with Crippen LogP contribution < -0.4 is 0 Å². The minimum Gasteiger partial charge on any atom is -0.228 e. The number of aromatic nitrogens is 2. The first-order valence-corrected chi connectivity index (χ1v) is 20.8. The highest BCUT2D eigenvalue weighted by Crippen LogP contribution is 2.40. The van der Waals surface area contributed by atoms with Crippen molar-refractivity contribution in [2.75, 3.05) is 0 Å². The highest BCUT2D eigenvalue weighted by atomic mass is 14.9. The van der Waals surface area contributed by atoms with E-state index >= 15 is 0 Å². The Morgan fingerprint density at radius 1 is 0.317 bits per heavy atom. The molecule has 2 heteroatoms. The Kier molecular flexibility index (Phi) is 9.02. The van der Waals surface area contributed by atoms with Crippen LogP contribution in [0.3, 0.4) is 0 Å². The van der Waals surface area contributed by atoms with Gasteiger partial charge in [0.05, 0.1) is 11.4 Å². The smallest absolute Gasteiger partial charge is 0.160 e. The molecule has 1 aliphatic rings. The van der Waals surface area contributed by atoms with Crippen LogP contribution in [0.15, 0.2) is 218 Å². The van der Waals surface area contributed by atoms with Crippen molar-refractivity contribution >= 4 is 43.5 Å². The van der Waals surface area contributed by atoms with Crippen molar-refractivity contribution in [3.63, 3.8) is 0 Å². The molecule has 1 heterocycles. The lowest BCUT2D eigenvalue weighted by atomic mass is 9.89. The van der Waals surface area contributed by atoms with Gasteiger partial charge in [0.2, 0.25) is 0 Å². The van der Waals surface area contributed by atoms with Crippen LogP contribution in [0.25, 0.3) is 99.5 Å². The molecule has 60 heavy (non-hydrogen) atoms. The van der Waals surface area contributed by atoms with Gasteiger partial charge < -0.3 is 0 Å². The van der Waals surface area contributed by atoms with Gasteiger partial charge in [-0.2, -0.15) is 0 Å². The lowest BCUT2D eigenvalue weighted by molar-refractivity contribution is 1.05. The Bertz CT molecular complexity index is 3270. The van der Waals surface area contributed by atoms with Gasteiger partial charge in [-0.25, -0.2) is 9.97 Å². The number of allylic oxidation sites excluding steroid dienone is 4. The van der Waals surface area contributed by atoms with E-state index in [2.05, 4.69) is 218 Å². The van der Waals surface area contributed by atoms with Crippen molar-refractivity contribution in [3.8, 4) is 56.0 Å². The van der Waals surface area contributed by atoms with Gasteiger partial charge in [0.1, 0.15) is 0 Å². The van der Waals surface area contributed by atoms with Crippen molar-refractivity contribution < 1.29 is 0 Å². The van der Waals surface area contributed by atoms with E-state index in [1.54, 1.807) is 0 Å². The van der Waals surface area contributed by atoms with Crippen LogP contribution in [0.5, 0.6) is 0 Å². The topological polar surface area (TPSA) is 25.8 Å². The average molecular weight is 765 g/mol. The fourth-order valence-electron chi connectivity index (χ4n) is 9.01. The molecule has 9 aromatic carbocycles. The molecular formula is C58H40N2. The van der Waals surface area contributed by atoms with Crippen LogP contribution >= 0.6 is 0 Å². The van der Waals surface area contributed by atoms with Crippen LogP contribution in [0.1, 0.15) is 24.1 Å². The quantitative estimate of drug-likeness (QED) is 0.151. The molecule has 2 nitrogen and oxygen atoms in total. The van der Waals surface area contributed by atoms with E-state index < -0.39 is 0 Å². The zero-order chi connectivity index (χ0) is 39.8. The minimum absolute atomic E-state index is 0.706. The molecule has 1 aliphatic carbocycles. The van der Waals surface area contributed by atoms with Crippen LogP contribution in [0.2, 0.25) is 0 Å². The third kappa shape index (κ3) is 6.59. The summed E-state index contributed by atoms with van der Waals surface area (Å²) >= 11 is 0. The zero-order valence-electron chi connectivity index (χ0n) is 33.1. The summed E-state index contributed by atoms with van der Waals surface area (Å²) in [6.07, 6.45) is 6.60.